The number of esters is 2. The fraction of sp³-hybridized carbons (Fsp3) is 0.778. The molecule has 3 aliphatic heterocycles. The van der Waals surface area contributed by atoms with Crippen LogP contribution in [0, 0.1) is 11.8 Å². The quantitative estimate of drug-likeness (QED) is 0.514. The predicted octanol–water partition coefficient (Wildman–Crippen LogP) is 1.69. The van der Waals surface area contributed by atoms with Gasteiger partial charge in [-0.1, -0.05) is 13.0 Å². The van der Waals surface area contributed by atoms with Crippen molar-refractivity contribution in [2.24, 2.45) is 11.8 Å². The van der Waals surface area contributed by atoms with Crippen LogP contribution < -0.4 is 0 Å². The lowest BCUT2D eigenvalue weighted by molar-refractivity contribution is -0.172. The summed E-state index contributed by atoms with van der Waals surface area (Å²) >= 11 is 0. The van der Waals surface area contributed by atoms with Crippen LogP contribution in [0.15, 0.2) is 11.6 Å². The Kier molecular flexibility index (Phi) is 6.17. The number of aliphatic hydroxyl groups is 1. The average molecular weight is 374 g/mol. The molecule has 0 radical (unpaired) electrons. The van der Waals surface area contributed by atoms with Gasteiger partial charge in [0.25, 0.3) is 0 Å². The molecule has 0 aromatic rings. The van der Waals surface area contributed by atoms with Gasteiger partial charge in [0.05, 0.1) is 12.6 Å². The summed E-state index contributed by atoms with van der Waals surface area (Å²) < 4.78 is 11.3. The van der Waals surface area contributed by atoms with Gasteiger partial charge in [-0.15, -0.1) is 12.4 Å². The van der Waals surface area contributed by atoms with E-state index in [9.17, 15) is 14.7 Å². The number of hydrogen-bond acceptors (Lipinski definition) is 6. The molecule has 5 atom stereocenters. The molecule has 6 nitrogen and oxygen atoms in total. The highest BCUT2D eigenvalue weighted by Crippen LogP contribution is 2.36. The second kappa shape index (κ2) is 7.64. The van der Waals surface area contributed by atoms with Gasteiger partial charge in [0.15, 0.2) is 5.60 Å². The van der Waals surface area contributed by atoms with Gasteiger partial charge in [0.2, 0.25) is 0 Å². The van der Waals surface area contributed by atoms with Crippen molar-refractivity contribution in [1.82, 2.24) is 4.90 Å². The fourth-order valence-electron chi connectivity index (χ4n) is 4.11. The number of carbonyl (C=O) groups is 2. The number of hydrogen-bond donors (Lipinski definition) is 1. The van der Waals surface area contributed by atoms with Crippen molar-refractivity contribution in [3.8, 4) is 0 Å². The lowest BCUT2D eigenvalue weighted by Gasteiger charge is -2.32. The highest BCUT2D eigenvalue weighted by Gasteiger charge is 2.48. The lowest BCUT2D eigenvalue weighted by Crippen LogP contribution is -2.46. The third-order valence-electron chi connectivity index (χ3n) is 5.97. The fourth-order valence-corrected chi connectivity index (χ4v) is 4.11. The van der Waals surface area contributed by atoms with E-state index in [1.54, 1.807) is 19.9 Å². The van der Waals surface area contributed by atoms with E-state index in [-0.39, 0.29) is 49.5 Å². The van der Waals surface area contributed by atoms with Gasteiger partial charge in [-0.3, -0.25) is 4.90 Å². The average Bonchev–Trinajstić information content (AvgIpc) is 3.12. The Balaban J connectivity index is 0.00000225. The third-order valence-corrected chi connectivity index (χ3v) is 5.97. The molecule has 1 N–H and O–H groups in total. The number of rotatable bonds is 0. The Morgan fingerprint density at radius 2 is 1.96 bits per heavy atom. The minimum atomic E-state index is -1.62. The third kappa shape index (κ3) is 3.71. The molecule has 3 saturated heterocycles. The summed E-state index contributed by atoms with van der Waals surface area (Å²) in [5.41, 5.74) is -1.12. The van der Waals surface area contributed by atoms with E-state index < -0.39 is 17.5 Å². The van der Waals surface area contributed by atoms with Crippen LogP contribution in [0.1, 0.15) is 40.0 Å². The predicted molar refractivity (Wildman–Crippen MR) is 94.3 cm³/mol. The summed E-state index contributed by atoms with van der Waals surface area (Å²) in [5, 5.41) is 10.6. The summed E-state index contributed by atoms with van der Waals surface area (Å²) in [6.45, 7) is 7.11. The zero-order valence-corrected chi connectivity index (χ0v) is 15.9. The van der Waals surface area contributed by atoms with Crippen LogP contribution in [0.3, 0.4) is 0 Å². The Bertz CT molecular complexity index is 562. The number of nitrogens with zero attached hydrogens (tertiary/aromatic N) is 1. The van der Waals surface area contributed by atoms with E-state index in [1.165, 1.54) is 6.92 Å². The molecule has 3 aliphatic rings. The van der Waals surface area contributed by atoms with Crippen molar-refractivity contribution >= 4 is 24.3 Å². The standard InChI is InChI=1S/C18H27NO5.ClH/c1-4-12-9-11(2)18(3,22)17(21)23-10-13-5-7-19-8-6-14(15(13)19)24-16(12)20;/h4,11,13-15,22H,5-10H2,1-3H3;1H/b12-4+;/t11-,13-,14-,15-,18-;/m1./s1. The van der Waals surface area contributed by atoms with E-state index in [2.05, 4.69) is 4.90 Å². The van der Waals surface area contributed by atoms with E-state index in [1.807, 2.05) is 0 Å². The summed E-state index contributed by atoms with van der Waals surface area (Å²) in [4.78, 5) is 27.3. The Morgan fingerprint density at radius 1 is 1.28 bits per heavy atom. The molecule has 0 aromatic heterocycles. The number of allylic oxidation sites excluding steroid dienone is 1. The first-order chi connectivity index (χ1) is 11.3. The van der Waals surface area contributed by atoms with Crippen molar-refractivity contribution in [2.75, 3.05) is 19.7 Å². The van der Waals surface area contributed by atoms with Crippen molar-refractivity contribution in [1.29, 1.82) is 0 Å². The minimum Gasteiger partial charge on any atom is -0.463 e. The molecule has 3 fully saturated rings. The molecule has 0 saturated carbocycles. The summed E-state index contributed by atoms with van der Waals surface area (Å²) in [6, 6.07) is 0.113. The van der Waals surface area contributed by atoms with E-state index in [4.69, 9.17) is 9.47 Å². The van der Waals surface area contributed by atoms with Gasteiger partial charge in [-0.2, -0.15) is 0 Å². The number of ether oxygens (including phenoxy) is 2. The van der Waals surface area contributed by atoms with Crippen LogP contribution >= 0.6 is 12.4 Å². The second-order valence-corrected chi connectivity index (χ2v) is 7.47. The van der Waals surface area contributed by atoms with Crippen molar-refractivity contribution in [3.63, 3.8) is 0 Å². The highest BCUT2D eigenvalue weighted by atomic mass is 35.5. The first-order valence-electron chi connectivity index (χ1n) is 8.84. The maximum atomic E-state index is 12.6. The molecule has 0 aliphatic carbocycles. The second-order valence-electron chi connectivity index (χ2n) is 7.47. The first-order valence-corrected chi connectivity index (χ1v) is 8.84. The number of carbonyl (C=O) groups excluding carboxylic acids is 2. The largest absolute Gasteiger partial charge is 0.463 e. The molecule has 0 bridgehead atoms. The molecule has 0 aromatic carbocycles. The first kappa shape index (κ1) is 20.2. The summed E-state index contributed by atoms with van der Waals surface area (Å²) in [6.07, 6.45) is 3.59. The highest BCUT2D eigenvalue weighted by molar-refractivity contribution is 5.89. The SMILES string of the molecule is C/C=C1\C[C@@H](C)[C@@](C)(O)C(=O)OC[C@H]2CCN3CC[C@@H](OC1=O)[C@@H]23.Cl. The van der Waals surface area contributed by atoms with Gasteiger partial charge >= 0.3 is 11.9 Å². The van der Waals surface area contributed by atoms with Gasteiger partial charge < -0.3 is 14.6 Å². The Morgan fingerprint density at radius 3 is 2.64 bits per heavy atom. The van der Waals surface area contributed by atoms with Crippen molar-refractivity contribution in [2.45, 2.75) is 57.8 Å². The number of halogens is 1. The minimum absolute atomic E-state index is 0. The molecule has 142 valence electrons. The Labute approximate surface area is 154 Å². The number of cyclic esters (lactones) is 1. The maximum Gasteiger partial charge on any atom is 0.338 e. The lowest BCUT2D eigenvalue weighted by atomic mass is 9.85. The van der Waals surface area contributed by atoms with E-state index in [0.717, 1.165) is 25.9 Å². The maximum absolute atomic E-state index is 12.6. The molecule has 7 heteroatoms. The van der Waals surface area contributed by atoms with Gasteiger partial charge in [0.1, 0.15) is 6.10 Å². The summed E-state index contributed by atoms with van der Waals surface area (Å²) in [5.74, 6) is -1.23. The molecule has 0 amide bonds. The molecular formula is C18H28ClNO5. The van der Waals surface area contributed by atoms with Gasteiger partial charge in [0, 0.05) is 18.0 Å². The van der Waals surface area contributed by atoms with Crippen LogP contribution in [0.4, 0.5) is 0 Å². The summed E-state index contributed by atoms with van der Waals surface area (Å²) in [7, 11) is 0. The van der Waals surface area contributed by atoms with Crippen LogP contribution in [0.2, 0.25) is 0 Å². The van der Waals surface area contributed by atoms with Crippen molar-refractivity contribution in [3.05, 3.63) is 11.6 Å². The van der Waals surface area contributed by atoms with Crippen LogP contribution in [-0.4, -0.2) is 59.4 Å². The molecule has 0 spiro atoms. The monoisotopic (exact) mass is 373 g/mol. The van der Waals surface area contributed by atoms with E-state index >= 15 is 0 Å². The van der Waals surface area contributed by atoms with Crippen LogP contribution in [-0.2, 0) is 19.1 Å². The molecule has 25 heavy (non-hydrogen) atoms. The Hall–Kier alpha value is -1.11. The molecule has 3 heterocycles. The van der Waals surface area contributed by atoms with Crippen LogP contribution in [0.25, 0.3) is 0 Å². The topological polar surface area (TPSA) is 76.1 Å². The van der Waals surface area contributed by atoms with Crippen molar-refractivity contribution < 1.29 is 24.2 Å². The van der Waals surface area contributed by atoms with Crippen LogP contribution in [0.5, 0.6) is 0 Å². The molecular weight excluding hydrogens is 346 g/mol. The smallest absolute Gasteiger partial charge is 0.338 e. The van der Waals surface area contributed by atoms with Gasteiger partial charge in [-0.05, 0) is 45.6 Å². The normalized spacial score (nSPS) is 41.2. The molecule has 3 rings (SSSR count). The van der Waals surface area contributed by atoms with Gasteiger partial charge in [-0.25, -0.2) is 9.59 Å². The zero-order chi connectivity index (χ0) is 17.5. The zero-order valence-electron chi connectivity index (χ0n) is 15.1. The van der Waals surface area contributed by atoms with E-state index in [0.29, 0.717) is 5.57 Å². The molecule has 0 unspecified atom stereocenters.